The Morgan fingerprint density at radius 2 is 1.63 bits per heavy atom. The lowest BCUT2D eigenvalue weighted by Crippen LogP contribution is -2.50. The lowest BCUT2D eigenvalue weighted by Gasteiger charge is -2.34. The van der Waals surface area contributed by atoms with Crippen LogP contribution in [-0.4, -0.2) is 52.1 Å². The first kappa shape index (κ1) is 28.9. The molecule has 16 heteroatoms. The van der Waals surface area contributed by atoms with Gasteiger partial charge in [-0.2, -0.15) is 31.6 Å². The minimum absolute atomic E-state index is 0.00422. The maximum Gasteiger partial charge on any atom is 0.416 e. The van der Waals surface area contributed by atoms with E-state index >= 15 is 0 Å². The van der Waals surface area contributed by atoms with E-state index in [9.17, 15) is 36.4 Å². The highest BCUT2D eigenvalue weighted by atomic mass is 19.4. The van der Waals surface area contributed by atoms with E-state index in [0.29, 0.717) is 12.1 Å². The maximum absolute atomic E-state index is 13.2. The normalized spacial score (nSPS) is 13.8. The summed E-state index contributed by atoms with van der Waals surface area (Å²) in [6, 6.07) is 5.10. The number of nitrogens with one attached hydrogen (secondary N) is 1. The number of pyridine rings is 1. The predicted octanol–water partition coefficient (Wildman–Crippen LogP) is 5.26. The van der Waals surface area contributed by atoms with Crippen LogP contribution in [0.3, 0.4) is 0 Å². The molecule has 1 fully saturated rings. The quantitative estimate of drug-likeness (QED) is 0.326. The van der Waals surface area contributed by atoms with Crippen LogP contribution < -0.4 is 15.0 Å². The van der Waals surface area contributed by atoms with Crippen molar-refractivity contribution >= 4 is 23.4 Å². The minimum Gasteiger partial charge on any atom is -0.469 e. The fourth-order valence-electron chi connectivity index (χ4n) is 3.84. The zero-order valence-electron chi connectivity index (χ0n) is 20.8. The number of hydrogen-bond donors (Lipinski definition) is 1. The number of ether oxygens (including phenoxy) is 1. The largest absolute Gasteiger partial charge is 0.469 e. The molecule has 1 aliphatic rings. The van der Waals surface area contributed by atoms with Crippen LogP contribution in [0.1, 0.15) is 22.4 Å². The topological polar surface area (TPSA) is 112 Å². The van der Waals surface area contributed by atoms with Crippen molar-refractivity contribution in [1.29, 1.82) is 5.26 Å². The van der Waals surface area contributed by atoms with Crippen molar-refractivity contribution in [3.05, 3.63) is 76.5 Å². The standard InChI is InChI=1S/C25H18F6N8O2/c1-33-20-19(13-32)36-22(41-14-15-2-4-34-5-3-15)21(37-20)38-6-8-39(9-7-38)23(40)35-18-11-16(24(26,27)28)10-17(12-18)25(29,30)31/h2-5,10-12H,6-9,14H2,(H,35,40). The van der Waals surface area contributed by atoms with Gasteiger partial charge in [0.05, 0.1) is 11.1 Å². The third-order valence-corrected chi connectivity index (χ3v) is 5.87. The van der Waals surface area contributed by atoms with Crippen LogP contribution in [0, 0.1) is 17.9 Å². The van der Waals surface area contributed by atoms with Crippen LogP contribution in [0.2, 0.25) is 0 Å². The van der Waals surface area contributed by atoms with Crippen LogP contribution in [-0.2, 0) is 19.0 Å². The van der Waals surface area contributed by atoms with Gasteiger partial charge in [0.25, 0.3) is 11.7 Å². The number of rotatable bonds is 5. The molecule has 0 atom stereocenters. The van der Waals surface area contributed by atoms with E-state index < -0.39 is 35.2 Å². The Kier molecular flexibility index (Phi) is 8.13. The van der Waals surface area contributed by atoms with Gasteiger partial charge in [-0.1, -0.05) is 11.6 Å². The van der Waals surface area contributed by atoms with E-state index in [2.05, 4.69) is 25.1 Å². The van der Waals surface area contributed by atoms with Crippen molar-refractivity contribution in [2.45, 2.75) is 19.0 Å². The number of carbonyl (C=O) groups is 1. The molecular weight excluding hydrogens is 558 g/mol. The molecule has 0 radical (unpaired) electrons. The molecule has 1 aliphatic heterocycles. The number of nitrogens with zero attached hydrogens (tertiary/aromatic N) is 7. The van der Waals surface area contributed by atoms with Gasteiger partial charge in [-0.3, -0.25) is 4.98 Å². The van der Waals surface area contributed by atoms with Gasteiger partial charge in [-0.15, -0.1) is 0 Å². The molecule has 10 nitrogen and oxygen atoms in total. The van der Waals surface area contributed by atoms with Gasteiger partial charge in [0.2, 0.25) is 0 Å². The summed E-state index contributed by atoms with van der Waals surface area (Å²) in [4.78, 5) is 31.1. The first-order chi connectivity index (χ1) is 19.4. The average molecular weight is 576 g/mol. The number of carbonyl (C=O) groups excluding carboxylic acids is 1. The minimum atomic E-state index is -5.06. The highest BCUT2D eigenvalue weighted by Crippen LogP contribution is 2.38. The highest BCUT2D eigenvalue weighted by Gasteiger charge is 2.37. The molecule has 4 rings (SSSR count). The highest BCUT2D eigenvalue weighted by molar-refractivity contribution is 5.89. The Balaban J connectivity index is 1.50. The van der Waals surface area contributed by atoms with Crippen molar-refractivity contribution in [2.75, 3.05) is 36.4 Å². The van der Waals surface area contributed by atoms with Crippen molar-refractivity contribution in [1.82, 2.24) is 19.9 Å². The van der Waals surface area contributed by atoms with E-state index in [1.807, 2.05) is 0 Å². The van der Waals surface area contributed by atoms with E-state index in [1.54, 1.807) is 35.5 Å². The molecule has 3 heterocycles. The van der Waals surface area contributed by atoms with Crippen molar-refractivity contribution in [3.63, 3.8) is 0 Å². The van der Waals surface area contributed by atoms with Crippen LogP contribution >= 0.6 is 0 Å². The Labute approximate surface area is 228 Å². The summed E-state index contributed by atoms with van der Waals surface area (Å²) in [5.41, 5.74) is -3.27. The summed E-state index contributed by atoms with van der Waals surface area (Å²) >= 11 is 0. The Morgan fingerprint density at radius 3 is 2.17 bits per heavy atom. The summed E-state index contributed by atoms with van der Waals surface area (Å²) in [6.07, 6.45) is -7.00. The Hall–Kier alpha value is -5.12. The maximum atomic E-state index is 13.2. The van der Waals surface area contributed by atoms with E-state index in [4.69, 9.17) is 11.3 Å². The summed E-state index contributed by atoms with van der Waals surface area (Å²) in [7, 11) is 0. The second-order valence-electron chi connectivity index (χ2n) is 8.59. The van der Waals surface area contributed by atoms with Gasteiger partial charge in [0.15, 0.2) is 5.69 Å². The number of hydrogen-bond acceptors (Lipinski definition) is 7. The van der Waals surface area contributed by atoms with Crippen LogP contribution in [0.5, 0.6) is 5.88 Å². The number of nitriles is 1. The summed E-state index contributed by atoms with van der Waals surface area (Å²) in [5, 5.41) is 11.5. The fourth-order valence-corrected chi connectivity index (χ4v) is 3.84. The number of amides is 2. The van der Waals surface area contributed by atoms with Crippen LogP contribution in [0.15, 0.2) is 42.7 Å². The van der Waals surface area contributed by atoms with E-state index in [1.165, 1.54) is 4.90 Å². The molecule has 2 amide bonds. The molecule has 1 N–H and O–H groups in total. The van der Waals surface area contributed by atoms with Gasteiger partial charge >= 0.3 is 24.2 Å². The van der Waals surface area contributed by atoms with Gasteiger partial charge in [0.1, 0.15) is 12.7 Å². The lowest BCUT2D eigenvalue weighted by atomic mass is 10.1. The van der Waals surface area contributed by atoms with Gasteiger partial charge in [-0.25, -0.2) is 9.78 Å². The number of piperazine rings is 1. The SMILES string of the molecule is [C-]#[N+]c1nc(N2CCN(C(=O)Nc3cc(C(F)(F)F)cc(C(F)(F)F)c3)CC2)c(OCc2ccncc2)nc1C#N. The van der Waals surface area contributed by atoms with Crippen molar-refractivity contribution < 1.29 is 35.9 Å². The Morgan fingerprint density at radius 1 is 1.02 bits per heavy atom. The Bertz CT molecular complexity index is 1480. The molecule has 1 saturated heterocycles. The number of aromatic nitrogens is 3. The van der Waals surface area contributed by atoms with Crippen LogP contribution in [0.25, 0.3) is 4.85 Å². The van der Waals surface area contributed by atoms with Gasteiger partial charge in [0, 0.05) is 44.3 Å². The van der Waals surface area contributed by atoms with E-state index in [0.717, 1.165) is 5.56 Å². The molecular formula is C25H18F6N8O2. The molecule has 0 saturated carbocycles. The molecule has 0 aliphatic carbocycles. The predicted molar refractivity (Wildman–Crippen MR) is 131 cm³/mol. The molecule has 0 unspecified atom stereocenters. The molecule has 0 bridgehead atoms. The molecule has 1 aromatic carbocycles. The van der Waals surface area contributed by atoms with Gasteiger partial charge < -0.3 is 24.7 Å². The molecule has 41 heavy (non-hydrogen) atoms. The lowest BCUT2D eigenvalue weighted by molar-refractivity contribution is -0.143. The number of alkyl halides is 6. The summed E-state index contributed by atoms with van der Waals surface area (Å²) < 4.78 is 84.7. The smallest absolute Gasteiger partial charge is 0.416 e. The summed E-state index contributed by atoms with van der Waals surface area (Å²) in [6.45, 7) is 7.56. The molecule has 212 valence electrons. The monoisotopic (exact) mass is 576 g/mol. The third-order valence-electron chi connectivity index (χ3n) is 5.87. The first-order valence-electron chi connectivity index (χ1n) is 11.7. The van der Waals surface area contributed by atoms with E-state index in [-0.39, 0.29) is 62.1 Å². The molecule has 0 spiro atoms. The fraction of sp³-hybridized carbons (Fsp3) is 0.280. The molecule has 3 aromatic rings. The average Bonchev–Trinajstić information content (AvgIpc) is 2.95. The van der Waals surface area contributed by atoms with Gasteiger partial charge in [-0.05, 0) is 35.9 Å². The number of halogens is 6. The van der Waals surface area contributed by atoms with Crippen molar-refractivity contribution in [3.8, 4) is 11.9 Å². The zero-order chi connectivity index (χ0) is 29.8. The first-order valence-corrected chi connectivity index (χ1v) is 11.7. The number of benzene rings is 1. The third kappa shape index (κ3) is 6.91. The number of urea groups is 1. The second kappa shape index (κ2) is 11.5. The zero-order valence-corrected chi connectivity index (χ0v) is 20.8. The molecule has 2 aromatic heterocycles. The van der Waals surface area contributed by atoms with Crippen molar-refractivity contribution in [2.24, 2.45) is 0 Å². The summed E-state index contributed by atoms with van der Waals surface area (Å²) in [5.74, 6) is -0.159. The van der Waals surface area contributed by atoms with Crippen LogP contribution in [0.4, 0.5) is 48.5 Å². The number of anilines is 2. The second-order valence-corrected chi connectivity index (χ2v) is 8.59.